The zero-order chi connectivity index (χ0) is 13.2. The summed E-state index contributed by atoms with van der Waals surface area (Å²) in [6, 6.07) is 10.2. The van der Waals surface area contributed by atoms with Crippen molar-refractivity contribution in [1.82, 2.24) is 4.90 Å². The van der Waals surface area contributed by atoms with Gasteiger partial charge in [-0.15, -0.1) is 11.8 Å². The summed E-state index contributed by atoms with van der Waals surface area (Å²) < 4.78 is 5.27. The van der Waals surface area contributed by atoms with Crippen LogP contribution in [-0.4, -0.2) is 41.9 Å². The molecule has 1 saturated heterocycles. The molecule has 2 aliphatic heterocycles. The van der Waals surface area contributed by atoms with E-state index >= 15 is 0 Å². The second-order valence-electron chi connectivity index (χ2n) is 4.69. The maximum absolute atomic E-state index is 12.5. The van der Waals surface area contributed by atoms with Gasteiger partial charge in [0.15, 0.2) is 6.10 Å². The third kappa shape index (κ3) is 2.46. The molecule has 2 unspecified atom stereocenters. The van der Waals surface area contributed by atoms with Crippen LogP contribution in [0, 0.1) is 11.3 Å². The van der Waals surface area contributed by atoms with Crippen molar-refractivity contribution in [2.45, 2.75) is 22.7 Å². The van der Waals surface area contributed by atoms with Crippen LogP contribution >= 0.6 is 11.8 Å². The summed E-state index contributed by atoms with van der Waals surface area (Å²) in [5, 5.41) is 8.83. The number of morpholine rings is 1. The molecule has 0 bridgehead atoms. The Hall–Kier alpha value is -1.51. The van der Waals surface area contributed by atoms with Gasteiger partial charge in [-0.3, -0.25) is 4.79 Å². The van der Waals surface area contributed by atoms with Crippen LogP contribution in [0.15, 0.2) is 29.2 Å². The number of amides is 1. The first kappa shape index (κ1) is 12.5. The average molecular weight is 274 g/mol. The Bertz CT molecular complexity index is 515. The van der Waals surface area contributed by atoms with Gasteiger partial charge >= 0.3 is 0 Å². The Kier molecular flexibility index (Phi) is 3.45. The van der Waals surface area contributed by atoms with Crippen molar-refractivity contribution < 1.29 is 9.53 Å². The minimum absolute atomic E-state index is 0.0464. The Morgan fingerprint density at radius 1 is 1.47 bits per heavy atom. The number of carbonyl (C=O) groups is 1. The van der Waals surface area contributed by atoms with E-state index in [2.05, 4.69) is 18.2 Å². The third-order valence-corrected chi connectivity index (χ3v) is 4.75. The highest BCUT2D eigenvalue weighted by atomic mass is 32.2. The van der Waals surface area contributed by atoms with Gasteiger partial charge in [-0.1, -0.05) is 18.2 Å². The van der Waals surface area contributed by atoms with Crippen LogP contribution in [0.1, 0.15) is 5.56 Å². The fraction of sp³-hybridized carbons (Fsp3) is 0.429. The molecule has 0 N–H and O–H groups in total. The van der Waals surface area contributed by atoms with Crippen molar-refractivity contribution in [3.05, 3.63) is 29.8 Å². The van der Waals surface area contributed by atoms with Crippen LogP contribution in [0.2, 0.25) is 0 Å². The van der Waals surface area contributed by atoms with Crippen molar-refractivity contribution in [2.75, 3.05) is 19.7 Å². The van der Waals surface area contributed by atoms with E-state index in [0.717, 1.165) is 6.42 Å². The van der Waals surface area contributed by atoms with E-state index in [-0.39, 0.29) is 11.2 Å². The van der Waals surface area contributed by atoms with E-state index in [1.54, 1.807) is 16.7 Å². The first-order valence-electron chi connectivity index (χ1n) is 6.32. The molecule has 0 aromatic heterocycles. The predicted octanol–water partition coefficient (Wildman–Crippen LogP) is 1.45. The number of nitrogens with zero attached hydrogens (tertiary/aromatic N) is 2. The van der Waals surface area contributed by atoms with Gasteiger partial charge in [-0.2, -0.15) is 5.26 Å². The summed E-state index contributed by atoms with van der Waals surface area (Å²) >= 11 is 1.63. The lowest BCUT2D eigenvalue weighted by molar-refractivity contribution is -0.136. The van der Waals surface area contributed by atoms with Crippen molar-refractivity contribution in [1.29, 1.82) is 5.26 Å². The van der Waals surface area contributed by atoms with Gasteiger partial charge in [0.2, 0.25) is 5.91 Å². The van der Waals surface area contributed by atoms with E-state index in [1.807, 2.05) is 12.1 Å². The van der Waals surface area contributed by atoms with E-state index in [0.29, 0.717) is 19.7 Å². The number of hydrogen-bond acceptors (Lipinski definition) is 4. The number of carbonyl (C=O) groups excluding carboxylic acids is 1. The third-order valence-electron chi connectivity index (χ3n) is 3.44. The summed E-state index contributed by atoms with van der Waals surface area (Å²) in [6.45, 7) is 1.43. The van der Waals surface area contributed by atoms with Crippen LogP contribution in [0.25, 0.3) is 0 Å². The van der Waals surface area contributed by atoms with Crippen LogP contribution in [-0.2, 0) is 16.0 Å². The molecular weight excluding hydrogens is 260 g/mol. The van der Waals surface area contributed by atoms with Gasteiger partial charge in [0.25, 0.3) is 0 Å². The maximum Gasteiger partial charge on any atom is 0.236 e. The molecule has 1 fully saturated rings. The highest BCUT2D eigenvalue weighted by molar-refractivity contribution is 8.01. The molecule has 98 valence electrons. The summed E-state index contributed by atoms with van der Waals surface area (Å²) in [7, 11) is 0. The second kappa shape index (κ2) is 5.24. The Labute approximate surface area is 116 Å². The zero-order valence-electron chi connectivity index (χ0n) is 10.4. The van der Waals surface area contributed by atoms with Crippen molar-refractivity contribution in [3.63, 3.8) is 0 Å². The van der Waals surface area contributed by atoms with Crippen LogP contribution in [0.3, 0.4) is 0 Å². The summed E-state index contributed by atoms with van der Waals surface area (Å²) in [4.78, 5) is 15.4. The summed E-state index contributed by atoms with van der Waals surface area (Å²) in [6.07, 6.45) is 0.306. The summed E-state index contributed by atoms with van der Waals surface area (Å²) in [5.41, 5.74) is 1.25. The molecule has 1 aromatic carbocycles. The van der Waals surface area contributed by atoms with Crippen LogP contribution < -0.4 is 0 Å². The lowest BCUT2D eigenvalue weighted by atomic mass is 10.1. The summed E-state index contributed by atoms with van der Waals surface area (Å²) in [5.74, 6) is 0.129. The fourth-order valence-electron chi connectivity index (χ4n) is 2.45. The second-order valence-corrected chi connectivity index (χ2v) is 5.94. The minimum Gasteiger partial charge on any atom is -0.360 e. The van der Waals surface area contributed by atoms with Crippen LogP contribution in [0.5, 0.6) is 0 Å². The van der Waals surface area contributed by atoms with Crippen LogP contribution in [0.4, 0.5) is 0 Å². The molecule has 4 nitrogen and oxygen atoms in total. The molecule has 0 aliphatic carbocycles. The zero-order valence-corrected chi connectivity index (χ0v) is 11.2. The minimum atomic E-state index is -0.480. The van der Waals surface area contributed by atoms with Gasteiger partial charge in [0, 0.05) is 11.4 Å². The Morgan fingerprint density at radius 3 is 3.11 bits per heavy atom. The van der Waals surface area contributed by atoms with Crippen molar-refractivity contribution in [2.24, 2.45) is 0 Å². The van der Waals surface area contributed by atoms with Gasteiger partial charge in [-0.05, 0) is 18.1 Å². The SMILES string of the molecule is N#CC1CN(C(=O)C2Cc3ccccc3S2)CCO1. The smallest absolute Gasteiger partial charge is 0.236 e. The standard InChI is InChI=1S/C14H14N2O2S/c15-8-11-9-16(5-6-18-11)14(17)13-7-10-3-1-2-4-12(10)19-13/h1-4,11,13H,5-7,9H2. The predicted molar refractivity (Wildman–Crippen MR) is 71.7 cm³/mol. The molecule has 2 aliphatic rings. The molecule has 2 atom stereocenters. The highest BCUT2D eigenvalue weighted by Crippen LogP contribution is 2.37. The molecule has 5 heteroatoms. The van der Waals surface area contributed by atoms with E-state index in [9.17, 15) is 4.79 Å². The Morgan fingerprint density at radius 2 is 2.32 bits per heavy atom. The average Bonchev–Trinajstić information content (AvgIpc) is 2.90. The number of nitriles is 1. The van der Waals surface area contributed by atoms with Gasteiger partial charge in [-0.25, -0.2) is 0 Å². The first-order valence-corrected chi connectivity index (χ1v) is 7.20. The molecular formula is C14H14N2O2S. The highest BCUT2D eigenvalue weighted by Gasteiger charge is 2.33. The Balaban J connectivity index is 1.68. The van der Waals surface area contributed by atoms with E-state index in [4.69, 9.17) is 10.00 Å². The lowest BCUT2D eigenvalue weighted by Gasteiger charge is -2.31. The number of benzene rings is 1. The van der Waals surface area contributed by atoms with Gasteiger partial charge < -0.3 is 9.64 Å². The maximum atomic E-state index is 12.5. The monoisotopic (exact) mass is 274 g/mol. The number of ether oxygens (including phenoxy) is 1. The number of rotatable bonds is 1. The molecule has 1 amide bonds. The quantitative estimate of drug-likeness (QED) is 0.778. The van der Waals surface area contributed by atoms with Crippen molar-refractivity contribution >= 4 is 17.7 Å². The van der Waals surface area contributed by atoms with Gasteiger partial charge in [0.05, 0.1) is 24.5 Å². The normalized spacial score (nSPS) is 25.7. The largest absolute Gasteiger partial charge is 0.360 e. The molecule has 0 saturated carbocycles. The molecule has 2 heterocycles. The topological polar surface area (TPSA) is 53.3 Å². The van der Waals surface area contributed by atoms with Gasteiger partial charge in [0.1, 0.15) is 0 Å². The molecule has 0 spiro atoms. The number of fused-ring (bicyclic) bond motifs is 1. The van der Waals surface area contributed by atoms with E-state index < -0.39 is 6.10 Å². The number of hydrogen-bond donors (Lipinski definition) is 0. The first-order chi connectivity index (χ1) is 9.28. The molecule has 19 heavy (non-hydrogen) atoms. The molecule has 1 aromatic rings. The van der Waals surface area contributed by atoms with E-state index in [1.165, 1.54) is 10.5 Å². The van der Waals surface area contributed by atoms with Crippen molar-refractivity contribution in [3.8, 4) is 6.07 Å². The lowest BCUT2D eigenvalue weighted by Crippen LogP contribution is -2.48. The molecule has 0 radical (unpaired) electrons. The number of thioether (sulfide) groups is 1. The fourth-order valence-corrected chi connectivity index (χ4v) is 3.73. The molecule has 3 rings (SSSR count).